The number of nitrogens with one attached hydrogen (secondary N) is 1. The zero-order valence-corrected chi connectivity index (χ0v) is 13.5. The molecule has 0 atom stereocenters. The summed E-state index contributed by atoms with van der Waals surface area (Å²) in [5, 5.41) is 6.20. The van der Waals surface area contributed by atoms with Crippen LogP contribution >= 0.6 is 11.3 Å². The Morgan fingerprint density at radius 2 is 2.17 bits per heavy atom. The van der Waals surface area contributed by atoms with Crippen LogP contribution in [0, 0.1) is 6.92 Å². The highest BCUT2D eigenvalue weighted by atomic mass is 32.1. The molecule has 1 amide bonds. The number of carbonyl (C=O) groups excluding carboxylic acids is 1. The van der Waals surface area contributed by atoms with Crippen LogP contribution in [0.3, 0.4) is 0 Å². The van der Waals surface area contributed by atoms with Gasteiger partial charge in [0, 0.05) is 24.0 Å². The number of hydrogen-bond acceptors (Lipinski definition) is 5. The quantitative estimate of drug-likeness (QED) is 0.776. The fraction of sp³-hybridized carbons (Fsp3) is 0.250. The molecule has 7 heteroatoms. The summed E-state index contributed by atoms with van der Waals surface area (Å²) in [4.78, 5) is 32.7. The van der Waals surface area contributed by atoms with Gasteiger partial charge < -0.3 is 5.32 Å². The second-order valence-corrected chi connectivity index (χ2v) is 6.11. The molecule has 0 saturated heterocycles. The molecule has 3 rings (SSSR count). The SMILES string of the molecule is Cc1csc(CNC(=O)CCn2cnc3ccccc3c2=O)n1. The molecule has 2 heterocycles. The van der Waals surface area contributed by atoms with Crippen molar-refractivity contribution in [3.8, 4) is 0 Å². The smallest absolute Gasteiger partial charge is 0.261 e. The van der Waals surface area contributed by atoms with Crippen LogP contribution in [0.25, 0.3) is 10.9 Å². The van der Waals surface area contributed by atoms with Crippen LogP contribution in [-0.2, 0) is 17.9 Å². The van der Waals surface area contributed by atoms with Gasteiger partial charge >= 0.3 is 0 Å². The van der Waals surface area contributed by atoms with Gasteiger partial charge in [0.2, 0.25) is 5.91 Å². The maximum atomic E-state index is 12.3. The van der Waals surface area contributed by atoms with E-state index in [1.807, 2.05) is 18.4 Å². The topological polar surface area (TPSA) is 76.9 Å². The third-order valence-electron chi connectivity index (χ3n) is 3.41. The Morgan fingerprint density at radius 1 is 1.35 bits per heavy atom. The van der Waals surface area contributed by atoms with E-state index in [4.69, 9.17) is 0 Å². The molecule has 118 valence electrons. The maximum absolute atomic E-state index is 12.3. The number of thiazole rings is 1. The van der Waals surface area contributed by atoms with E-state index in [1.54, 1.807) is 18.2 Å². The third kappa shape index (κ3) is 3.62. The van der Waals surface area contributed by atoms with Gasteiger partial charge in [-0.05, 0) is 19.1 Å². The van der Waals surface area contributed by atoms with Crippen molar-refractivity contribution in [2.75, 3.05) is 0 Å². The highest BCUT2D eigenvalue weighted by Crippen LogP contribution is 2.08. The standard InChI is InChI=1S/C16H16N4O2S/c1-11-9-23-15(19-11)8-17-14(21)6-7-20-10-18-13-5-3-2-4-12(13)16(20)22/h2-5,9-10H,6-8H2,1H3,(H,17,21). The minimum atomic E-state index is -0.126. The summed E-state index contributed by atoms with van der Waals surface area (Å²) in [6.45, 7) is 2.64. The van der Waals surface area contributed by atoms with E-state index in [0.29, 0.717) is 24.0 Å². The number of aryl methyl sites for hydroxylation is 2. The molecule has 0 saturated carbocycles. The number of benzene rings is 1. The number of nitrogens with zero attached hydrogens (tertiary/aromatic N) is 3. The van der Waals surface area contributed by atoms with E-state index in [9.17, 15) is 9.59 Å². The Labute approximate surface area is 136 Å². The number of carbonyl (C=O) groups is 1. The van der Waals surface area contributed by atoms with Crippen molar-refractivity contribution in [3.63, 3.8) is 0 Å². The third-order valence-corrected chi connectivity index (χ3v) is 4.38. The van der Waals surface area contributed by atoms with Crippen molar-refractivity contribution < 1.29 is 4.79 Å². The van der Waals surface area contributed by atoms with Gasteiger partial charge in [0.15, 0.2) is 0 Å². The molecule has 0 unspecified atom stereocenters. The first-order chi connectivity index (χ1) is 11.1. The van der Waals surface area contributed by atoms with Gasteiger partial charge in [0.1, 0.15) is 5.01 Å². The second kappa shape index (κ2) is 6.70. The molecule has 23 heavy (non-hydrogen) atoms. The lowest BCUT2D eigenvalue weighted by atomic mass is 10.2. The normalized spacial score (nSPS) is 10.8. The van der Waals surface area contributed by atoms with Crippen molar-refractivity contribution >= 4 is 28.1 Å². The van der Waals surface area contributed by atoms with Gasteiger partial charge in [-0.25, -0.2) is 9.97 Å². The molecule has 3 aromatic rings. The van der Waals surface area contributed by atoms with Crippen molar-refractivity contribution in [1.29, 1.82) is 0 Å². The number of amides is 1. The van der Waals surface area contributed by atoms with E-state index in [-0.39, 0.29) is 17.9 Å². The predicted octanol–water partition coefficient (Wildman–Crippen LogP) is 1.87. The van der Waals surface area contributed by atoms with Gasteiger partial charge in [0.05, 0.1) is 23.8 Å². The van der Waals surface area contributed by atoms with Crippen LogP contribution in [0.2, 0.25) is 0 Å². The average molecular weight is 328 g/mol. The van der Waals surface area contributed by atoms with E-state index in [2.05, 4.69) is 15.3 Å². The Kier molecular flexibility index (Phi) is 4.47. The van der Waals surface area contributed by atoms with Crippen LogP contribution < -0.4 is 10.9 Å². The summed E-state index contributed by atoms with van der Waals surface area (Å²) >= 11 is 1.52. The van der Waals surface area contributed by atoms with E-state index < -0.39 is 0 Å². The molecule has 0 bridgehead atoms. The number of hydrogen-bond donors (Lipinski definition) is 1. The zero-order chi connectivity index (χ0) is 16.2. The largest absolute Gasteiger partial charge is 0.350 e. The number of fused-ring (bicyclic) bond motifs is 1. The summed E-state index contributed by atoms with van der Waals surface area (Å²) in [6, 6.07) is 7.18. The molecule has 0 radical (unpaired) electrons. The first-order valence-electron chi connectivity index (χ1n) is 7.25. The average Bonchev–Trinajstić information content (AvgIpc) is 2.98. The van der Waals surface area contributed by atoms with Crippen LogP contribution in [0.4, 0.5) is 0 Å². The Hall–Kier alpha value is -2.54. The summed E-state index contributed by atoms with van der Waals surface area (Å²) in [5.74, 6) is -0.113. The summed E-state index contributed by atoms with van der Waals surface area (Å²) in [5.41, 5.74) is 1.49. The Morgan fingerprint density at radius 3 is 2.96 bits per heavy atom. The van der Waals surface area contributed by atoms with Crippen molar-refractivity contribution in [2.24, 2.45) is 0 Å². The van der Waals surface area contributed by atoms with Crippen LogP contribution in [-0.4, -0.2) is 20.4 Å². The van der Waals surface area contributed by atoms with E-state index >= 15 is 0 Å². The molecule has 0 aliphatic rings. The number of para-hydroxylation sites is 1. The maximum Gasteiger partial charge on any atom is 0.261 e. The van der Waals surface area contributed by atoms with Gasteiger partial charge in [-0.2, -0.15) is 0 Å². The minimum absolute atomic E-state index is 0.113. The molecular weight excluding hydrogens is 312 g/mol. The molecular formula is C16H16N4O2S. The fourth-order valence-electron chi connectivity index (χ4n) is 2.23. The van der Waals surface area contributed by atoms with Crippen LogP contribution in [0.5, 0.6) is 0 Å². The molecule has 0 aliphatic carbocycles. The fourth-order valence-corrected chi connectivity index (χ4v) is 2.95. The molecule has 1 aromatic carbocycles. The first-order valence-corrected chi connectivity index (χ1v) is 8.13. The first kappa shape index (κ1) is 15.4. The van der Waals surface area contributed by atoms with Crippen molar-refractivity contribution in [3.05, 3.63) is 57.0 Å². The summed E-state index contributed by atoms with van der Waals surface area (Å²) in [7, 11) is 0. The summed E-state index contributed by atoms with van der Waals surface area (Å²) < 4.78 is 1.47. The Balaban J connectivity index is 1.60. The number of aromatic nitrogens is 3. The molecule has 0 fully saturated rings. The van der Waals surface area contributed by atoms with Gasteiger partial charge in [0.25, 0.3) is 5.56 Å². The highest BCUT2D eigenvalue weighted by molar-refractivity contribution is 7.09. The molecule has 2 aromatic heterocycles. The lowest BCUT2D eigenvalue weighted by Gasteiger charge is -2.07. The van der Waals surface area contributed by atoms with E-state index in [1.165, 1.54) is 22.2 Å². The number of rotatable bonds is 5. The van der Waals surface area contributed by atoms with Gasteiger partial charge in [-0.15, -0.1) is 11.3 Å². The highest BCUT2D eigenvalue weighted by Gasteiger charge is 2.07. The minimum Gasteiger partial charge on any atom is -0.350 e. The molecule has 1 N–H and O–H groups in total. The molecule has 0 aliphatic heterocycles. The van der Waals surface area contributed by atoms with Crippen LogP contribution in [0.1, 0.15) is 17.1 Å². The lowest BCUT2D eigenvalue weighted by Crippen LogP contribution is -2.27. The predicted molar refractivity (Wildman–Crippen MR) is 89.3 cm³/mol. The van der Waals surface area contributed by atoms with Gasteiger partial charge in [-0.1, -0.05) is 12.1 Å². The van der Waals surface area contributed by atoms with Gasteiger partial charge in [-0.3, -0.25) is 14.2 Å². The monoisotopic (exact) mass is 328 g/mol. The van der Waals surface area contributed by atoms with Crippen LogP contribution in [0.15, 0.2) is 40.8 Å². The summed E-state index contributed by atoms with van der Waals surface area (Å²) in [6.07, 6.45) is 1.71. The molecule has 6 nitrogen and oxygen atoms in total. The second-order valence-electron chi connectivity index (χ2n) is 5.17. The molecule has 0 spiro atoms. The Bertz CT molecular complexity index is 900. The van der Waals surface area contributed by atoms with Crippen molar-refractivity contribution in [2.45, 2.75) is 26.4 Å². The van der Waals surface area contributed by atoms with E-state index in [0.717, 1.165) is 10.7 Å². The lowest BCUT2D eigenvalue weighted by molar-refractivity contribution is -0.121. The zero-order valence-electron chi connectivity index (χ0n) is 12.7. The van der Waals surface area contributed by atoms with Crippen molar-refractivity contribution in [1.82, 2.24) is 19.9 Å².